The summed E-state index contributed by atoms with van der Waals surface area (Å²) in [6.07, 6.45) is 0. The molecule has 34 heavy (non-hydrogen) atoms. The van der Waals surface area contributed by atoms with Crippen LogP contribution in [0, 0.1) is 6.92 Å². The molecule has 6 aromatic carbocycles. The molecule has 7 rings (SSSR count). The van der Waals surface area contributed by atoms with Crippen molar-refractivity contribution in [3.63, 3.8) is 0 Å². The lowest BCUT2D eigenvalue weighted by molar-refractivity contribution is 1.51. The van der Waals surface area contributed by atoms with Crippen LogP contribution in [0.1, 0.15) is 5.56 Å². The lowest BCUT2D eigenvalue weighted by Gasteiger charge is -2.31. The van der Waals surface area contributed by atoms with Crippen LogP contribution in [0.3, 0.4) is 0 Å². The molecular formula is C33H24Si. The second kappa shape index (κ2) is 7.28. The highest BCUT2D eigenvalue weighted by Gasteiger charge is 2.48. The van der Waals surface area contributed by atoms with Gasteiger partial charge in [0, 0.05) is 0 Å². The first-order valence-corrected chi connectivity index (χ1v) is 14.0. The lowest BCUT2D eigenvalue weighted by atomic mass is 9.94. The van der Waals surface area contributed by atoms with Crippen molar-refractivity contribution >= 4 is 50.4 Å². The van der Waals surface area contributed by atoms with E-state index in [4.69, 9.17) is 0 Å². The van der Waals surface area contributed by atoms with Crippen molar-refractivity contribution in [3.8, 4) is 11.1 Å². The third kappa shape index (κ3) is 2.53. The molecule has 6 aromatic rings. The molecule has 0 unspecified atom stereocenters. The zero-order valence-corrected chi connectivity index (χ0v) is 20.1. The Morgan fingerprint density at radius 3 is 1.82 bits per heavy atom. The van der Waals surface area contributed by atoms with E-state index in [0.29, 0.717) is 0 Å². The highest BCUT2D eigenvalue weighted by molar-refractivity contribution is 7.22. The summed E-state index contributed by atoms with van der Waals surface area (Å²) in [5.74, 6) is 0. The van der Waals surface area contributed by atoms with Crippen molar-refractivity contribution in [1.82, 2.24) is 0 Å². The van der Waals surface area contributed by atoms with E-state index >= 15 is 0 Å². The van der Waals surface area contributed by atoms with Crippen molar-refractivity contribution in [2.24, 2.45) is 0 Å². The maximum atomic E-state index is 2.45. The van der Waals surface area contributed by atoms with E-state index in [0.717, 1.165) is 0 Å². The van der Waals surface area contributed by atoms with Crippen LogP contribution in [0.4, 0.5) is 0 Å². The fourth-order valence-corrected chi connectivity index (χ4v) is 11.4. The van der Waals surface area contributed by atoms with Crippen molar-refractivity contribution < 1.29 is 0 Å². The van der Waals surface area contributed by atoms with E-state index in [-0.39, 0.29) is 0 Å². The Morgan fingerprint density at radius 2 is 1.09 bits per heavy atom. The van der Waals surface area contributed by atoms with Gasteiger partial charge in [-0.2, -0.15) is 0 Å². The van der Waals surface area contributed by atoms with E-state index in [9.17, 15) is 0 Å². The number of hydrogen-bond donors (Lipinski definition) is 0. The molecule has 0 nitrogen and oxygen atoms in total. The number of hydrogen-bond acceptors (Lipinski definition) is 0. The van der Waals surface area contributed by atoms with Gasteiger partial charge in [-0.3, -0.25) is 0 Å². The van der Waals surface area contributed by atoms with Gasteiger partial charge in [0.15, 0.2) is 8.07 Å². The zero-order chi connectivity index (χ0) is 22.7. The van der Waals surface area contributed by atoms with Gasteiger partial charge in [-0.05, 0) is 60.3 Å². The number of aryl methyl sites for hydroxylation is 1. The van der Waals surface area contributed by atoms with Gasteiger partial charge in [0.25, 0.3) is 0 Å². The van der Waals surface area contributed by atoms with Crippen LogP contribution in [0.15, 0.2) is 127 Å². The molecule has 0 saturated heterocycles. The van der Waals surface area contributed by atoms with Gasteiger partial charge in [0.05, 0.1) is 0 Å². The van der Waals surface area contributed by atoms with Crippen LogP contribution in [0.2, 0.25) is 0 Å². The zero-order valence-electron chi connectivity index (χ0n) is 19.1. The minimum absolute atomic E-state index is 1.30. The molecule has 1 heteroatoms. The summed E-state index contributed by atoms with van der Waals surface area (Å²) in [4.78, 5) is 0. The van der Waals surface area contributed by atoms with Gasteiger partial charge >= 0.3 is 0 Å². The van der Waals surface area contributed by atoms with E-state index in [1.54, 1.807) is 0 Å². The molecule has 1 heterocycles. The molecule has 160 valence electrons. The van der Waals surface area contributed by atoms with E-state index in [2.05, 4.69) is 134 Å². The lowest BCUT2D eigenvalue weighted by Crippen LogP contribution is -2.72. The monoisotopic (exact) mass is 448 g/mol. The van der Waals surface area contributed by atoms with E-state index in [1.807, 2.05) is 0 Å². The largest absolute Gasteiger partial charge is 0.180 e. The molecule has 0 bridgehead atoms. The fourth-order valence-electron chi connectivity index (χ4n) is 6.21. The molecule has 1 aliphatic rings. The molecule has 0 atom stereocenters. The highest BCUT2D eigenvalue weighted by atomic mass is 28.3. The second-order valence-corrected chi connectivity index (χ2v) is 13.1. The predicted octanol–water partition coefficient (Wildman–Crippen LogP) is 5.66. The predicted molar refractivity (Wildman–Crippen MR) is 149 cm³/mol. The SMILES string of the molecule is Cc1ccc2c(ccc3c4c(ccc32)[Si](c2ccccc2)(c2ccccc2)c2ccccc2-4)c1. The quantitative estimate of drug-likeness (QED) is 0.236. The topological polar surface area (TPSA) is 0 Å². The summed E-state index contributed by atoms with van der Waals surface area (Å²) in [7, 11) is -2.42. The molecule has 0 N–H and O–H groups in total. The molecular weight excluding hydrogens is 424 g/mol. The molecule has 0 amide bonds. The van der Waals surface area contributed by atoms with Crippen LogP contribution < -0.4 is 20.7 Å². The minimum Gasteiger partial charge on any atom is -0.0623 e. The van der Waals surface area contributed by atoms with Crippen LogP contribution >= 0.6 is 0 Å². The number of rotatable bonds is 2. The first kappa shape index (κ1) is 19.5. The van der Waals surface area contributed by atoms with Gasteiger partial charge in [-0.1, -0.05) is 133 Å². The molecule has 0 radical (unpaired) electrons. The number of fused-ring (bicyclic) bond motifs is 7. The highest BCUT2D eigenvalue weighted by Crippen LogP contribution is 2.37. The smallest absolute Gasteiger partial charge is 0.0623 e. The number of benzene rings is 6. The summed E-state index contributed by atoms with van der Waals surface area (Å²) in [6, 6.07) is 47.9. The van der Waals surface area contributed by atoms with Gasteiger partial charge in [0.2, 0.25) is 0 Å². The van der Waals surface area contributed by atoms with Crippen LogP contribution in [-0.4, -0.2) is 8.07 Å². The Bertz CT molecular complexity index is 1660. The van der Waals surface area contributed by atoms with Crippen LogP contribution in [-0.2, 0) is 0 Å². The summed E-state index contributed by atoms with van der Waals surface area (Å²) in [6.45, 7) is 2.17. The van der Waals surface area contributed by atoms with Gasteiger partial charge in [0.1, 0.15) is 0 Å². The molecule has 1 aliphatic heterocycles. The molecule has 0 spiro atoms. The molecule has 0 fully saturated rings. The average Bonchev–Trinajstić information content (AvgIpc) is 3.21. The molecule has 0 aromatic heterocycles. The van der Waals surface area contributed by atoms with Crippen LogP contribution in [0.25, 0.3) is 32.7 Å². The first-order valence-electron chi connectivity index (χ1n) is 12.0. The van der Waals surface area contributed by atoms with E-state index in [1.165, 1.54) is 59.0 Å². The van der Waals surface area contributed by atoms with Gasteiger partial charge in [-0.15, -0.1) is 0 Å². The fraction of sp³-hybridized carbons (Fsp3) is 0.0303. The summed E-state index contributed by atoms with van der Waals surface area (Å²) in [5, 5.41) is 11.3. The summed E-state index contributed by atoms with van der Waals surface area (Å²) < 4.78 is 0. The Hall–Kier alpha value is -3.94. The van der Waals surface area contributed by atoms with Crippen LogP contribution in [0.5, 0.6) is 0 Å². The maximum Gasteiger partial charge on any atom is 0.180 e. The average molecular weight is 449 g/mol. The van der Waals surface area contributed by atoms with Crippen molar-refractivity contribution in [1.29, 1.82) is 0 Å². The van der Waals surface area contributed by atoms with Crippen molar-refractivity contribution in [3.05, 3.63) is 133 Å². The Morgan fingerprint density at radius 1 is 0.471 bits per heavy atom. The van der Waals surface area contributed by atoms with Crippen molar-refractivity contribution in [2.75, 3.05) is 0 Å². The first-order chi connectivity index (χ1) is 16.8. The molecule has 0 aliphatic carbocycles. The second-order valence-electron chi connectivity index (χ2n) is 9.40. The van der Waals surface area contributed by atoms with Gasteiger partial charge in [-0.25, -0.2) is 0 Å². The Balaban J connectivity index is 1.68. The normalized spacial score (nSPS) is 13.7. The molecule has 0 saturated carbocycles. The summed E-state index contributed by atoms with van der Waals surface area (Å²) >= 11 is 0. The van der Waals surface area contributed by atoms with Gasteiger partial charge < -0.3 is 0 Å². The third-order valence-corrected chi connectivity index (χ3v) is 12.5. The summed E-state index contributed by atoms with van der Waals surface area (Å²) in [5.41, 5.74) is 4.13. The standard InChI is InChI=1S/C33H24Si/c1-23-16-18-27-24(22-23)17-19-29-28(27)20-21-32-33(29)30-14-8-9-15-31(30)34(32,25-10-4-2-5-11-25)26-12-6-3-7-13-26/h2-22H,1H3. The Labute approximate surface area is 201 Å². The minimum atomic E-state index is -2.42. The van der Waals surface area contributed by atoms with Crippen molar-refractivity contribution in [2.45, 2.75) is 6.92 Å². The third-order valence-electron chi connectivity index (χ3n) is 7.59. The maximum absolute atomic E-state index is 2.45. The van der Waals surface area contributed by atoms with E-state index < -0.39 is 8.07 Å². The Kier molecular flexibility index (Phi) is 4.18.